The molecule has 0 radical (unpaired) electrons. The number of nitrogens with zero attached hydrogens (tertiary/aromatic N) is 1. The van der Waals surface area contributed by atoms with Crippen molar-refractivity contribution in [1.29, 1.82) is 0 Å². The van der Waals surface area contributed by atoms with Gasteiger partial charge in [-0.2, -0.15) is 0 Å². The van der Waals surface area contributed by atoms with Crippen molar-refractivity contribution in [2.45, 2.75) is 17.6 Å². The minimum absolute atomic E-state index is 0.125. The van der Waals surface area contributed by atoms with E-state index in [1.807, 2.05) is 49.4 Å². The van der Waals surface area contributed by atoms with Crippen LogP contribution in [0, 0.1) is 6.92 Å². The Morgan fingerprint density at radius 2 is 1.88 bits per heavy atom. The highest BCUT2D eigenvalue weighted by Gasteiger charge is 2.12. The normalized spacial score (nSPS) is 10.5. The average Bonchev–Trinajstić information content (AvgIpc) is 2.64. The van der Waals surface area contributed by atoms with Crippen molar-refractivity contribution in [3.8, 4) is 0 Å². The lowest BCUT2D eigenvalue weighted by Crippen LogP contribution is -2.13. The van der Waals surface area contributed by atoms with E-state index in [4.69, 9.17) is 11.6 Å². The lowest BCUT2D eigenvalue weighted by Gasteiger charge is -2.11. The molecule has 1 N–H and O–H groups in total. The topological polar surface area (TPSA) is 42.0 Å². The van der Waals surface area contributed by atoms with Gasteiger partial charge in [0.1, 0.15) is 0 Å². The van der Waals surface area contributed by atoms with E-state index in [9.17, 15) is 4.79 Å². The van der Waals surface area contributed by atoms with Gasteiger partial charge in [0.15, 0.2) is 0 Å². The Labute approximate surface area is 156 Å². The standard InChI is InChI=1S/C20H17ClN2OS/c1-14-12-16(6-7-18(14)21)23-20(24)17-4-2-3-5-19(17)25-13-15-8-10-22-11-9-15/h2-12H,13H2,1H3,(H,23,24). The Morgan fingerprint density at radius 3 is 2.64 bits per heavy atom. The molecule has 0 bridgehead atoms. The van der Waals surface area contributed by atoms with Crippen molar-refractivity contribution >= 4 is 35.0 Å². The summed E-state index contributed by atoms with van der Waals surface area (Å²) in [5.41, 5.74) is 3.50. The fraction of sp³-hybridized carbons (Fsp3) is 0.100. The van der Waals surface area contributed by atoms with Crippen LogP contribution in [-0.4, -0.2) is 10.9 Å². The zero-order valence-corrected chi connectivity index (χ0v) is 15.3. The Bertz CT molecular complexity index is 884. The zero-order valence-electron chi connectivity index (χ0n) is 13.7. The van der Waals surface area contributed by atoms with Gasteiger partial charge in [-0.05, 0) is 60.5 Å². The van der Waals surface area contributed by atoms with Crippen molar-refractivity contribution in [2.24, 2.45) is 0 Å². The second-order valence-corrected chi connectivity index (χ2v) is 6.98. The summed E-state index contributed by atoms with van der Waals surface area (Å²) in [5.74, 6) is 0.659. The van der Waals surface area contributed by atoms with Crippen LogP contribution in [0.25, 0.3) is 0 Å². The molecule has 0 fully saturated rings. The van der Waals surface area contributed by atoms with E-state index in [0.717, 1.165) is 21.9 Å². The lowest BCUT2D eigenvalue weighted by molar-refractivity contribution is 0.102. The van der Waals surface area contributed by atoms with E-state index in [1.165, 1.54) is 5.56 Å². The third-order valence-electron chi connectivity index (χ3n) is 3.69. The molecule has 3 aromatic rings. The summed E-state index contributed by atoms with van der Waals surface area (Å²) in [6.45, 7) is 1.91. The first-order chi connectivity index (χ1) is 12.1. The van der Waals surface area contributed by atoms with Crippen LogP contribution in [0.15, 0.2) is 71.9 Å². The molecule has 0 saturated carbocycles. The van der Waals surface area contributed by atoms with Crippen molar-refractivity contribution < 1.29 is 4.79 Å². The van der Waals surface area contributed by atoms with Crippen LogP contribution < -0.4 is 5.32 Å². The molecule has 25 heavy (non-hydrogen) atoms. The summed E-state index contributed by atoms with van der Waals surface area (Å²) in [4.78, 5) is 17.6. The first kappa shape index (κ1) is 17.5. The monoisotopic (exact) mass is 368 g/mol. The Hall–Kier alpha value is -2.30. The van der Waals surface area contributed by atoms with Crippen LogP contribution in [0.1, 0.15) is 21.5 Å². The molecule has 0 unspecified atom stereocenters. The number of carbonyl (C=O) groups excluding carboxylic acids is 1. The number of aryl methyl sites for hydroxylation is 1. The molecular formula is C20H17ClN2OS. The summed E-state index contributed by atoms with van der Waals surface area (Å²) in [5, 5.41) is 3.63. The number of carbonyl (C=O) groups is 1. The number of pyridine rings is 1. The highest BCUT2D eigenvalue weighted by Crippen LogP contribution is 2.27. The summed E-state index contributed by atoms with van der Waals surface area (Å²) in [6.07, 6.45) is 3.55. The number of hydrogen-bond acceptors (Lipinski definition) is 3. The van der Waals surface area contributed by atoms with Gasteiger partial charge < -0.3 is 5.32 Å². The maximum atomic E-state index is 12.7. The fourth-order valence-corrected chi connectivity index (χ4v) is 3.46. The van der Waals surface area contributed by atoms with E-state index in [1.54, 1.807) is 36.3 Å². The smallest absolute Gasteiger partial charge is 0.256 e. The fourth-order valence-electron chi connectivity index (χ4n) is 2.34. The highest BCUT2D eigenvalue weighted by atomic mass is 35.5. The summed E-state index contributed by atoms with van der Waals surface area (Å²) >= 11 is 7.67. The molecule has 3 rings (SSSR count). The number of hydrogen-bond donors (Lipinski definition) is 1. The second kappa shape index (κ2) is 8.19. The number of thioether (sulfide) groups is 1. The van der Waals surface area contributed by atoms with Gasteiger partial charge in [-0.1, -0.05) is 23.7 Å². The minimum atomic E-state index is -0.125. The third-order valence-corrected chi connectivity index (χ3v) is 5.26. The van der Waals surface area contributed by atoms with Gasteiger partial charge in [0.05, 0.1) is 5.56 Å². The first-order valence-electron chi connectivity index (χ1n) is 7.82. The first-order valence-corrected chi connectivity index (χ1v) is 9.18. The summed E-state index contributed by atoms with van der Waals surface area (Å²) < 4.78 is 0. The largest absolute Gasteiger partial charge is 0.322 e. The molecule has 0 aliphatic heterocycles. The number of benzene rings is 2. The second-order valence-electron chi connectivity index (χ2n) is 5.56. The van der Waals surface area contributed by atoms with Crippen molar-refractivity contribution in [3.63, 3.8) is 0 Å². The quantitative estimate of drug-likeness (QED) is 0.597. The van der Waals surface area contributed by atoms with Gasteiger partial charge in [0.2, 0.25) is 0 Å². The molecule has 1 amide bonds. The molecule has 0 saturated heterocycles. The number of nitrogens with one attached hydrogen (secondary N) is 1. The lowest BCUT2D eigenvalue weighted by atomic mass is 10.2. The molecule has 1 aromatic heterocycles. The molecule has 126 valence electrons. The van der Waals surface area contributed by atoms with Crippen LogP contribution in [0.2, 0.25) is 5.02 Å². The molecule has 2 aromatic carbocycles. The molecule has 0 aliphatic carbocycles. The predicted octanol–water partition coefficient (Wildman–Crippen LogP) is 5.59. The molecule has 0 aliphatic rings. The van der Waals surface area contributed by atoms with Crippen LogP contribution in [0.3, 0.4) is 0 Å². The Balaban J connectivity index is 1.75. The van der Waals surface area contributed by atoms with Crippen LogP contribution >= 0.6 is 23.4 Å². The van der Waals surface area contributed by atoms with Crippen LogP contribution in [-0.2, 0) is 5.75 Å². The molecule has 0 atom stereocenters. The number of rotatable bonds is 5. The van der Waals surface area contributed by atoms with Gasteiger partial charge in [-0.25, -0.2) is 0 Å². The number of anilines is 1. The molecule has 3 nitrogen and oxygen atoms in total. The molecule has 1 heterocycles. The zero-order chi connectivity index (χ0) is 17.6. The van der Waals surface area contributed by atoms with Gasteiger partial charge in [-0.3, -0.25) is 9.78 Å². The summed E-state index contributed by atoms with van der Waals surface area (Å²) in [6, 6.07) is 17.0. The SMILES string of the molecule is Cc1cc(NC(=O)c2ccccc2SCc2ccncc2)ccc1Cl. The van der Waals surface area contributed by atoms with E-state index >= 15 is 0 Å². The van der Waals surface area contributed by atoms with E-state index in [2.05, 4.69) is 10.3 Å². The van der Waals surface area contributed by atoms with Crippen molar-refractivity contribution in [3.05, 3.63) is 88.7 Å². The van der Waals surface area contributed by atoms with Crippen LogP contribution in [0.5, 0.6) is 0 Å². The number of amides is 1. The van der Waals surface area contributed by atoms with E-state index in [-0.39, 0.29) is 5.91 Å². The molecule has 0 spiro atoms. The Kier molecular flexibility index (Phi) is 5.74. The average molecular weight is 369 g/mol. The number of halogens is 1. The van der Waals surface area contributed by atoms with Crippen molar-refractivity contribution in [2.75, 3.05) is 5.32 Å². The van der Waals surface area contributed by atoms with Crippen molar-refractivity contribution in [1.82, 2.24) is 4.98 Å². The van der Waals surface area contributed by atoms with Gasteiger partial charge in [-0.15, -0.1) is 11.8 Å². The van der Waals surface area contributed by atoms with E-state index in [0.29, 0.717) is 10.6 Å². The third kappa shape index (κ3) is 4.62. The maximum Gasteiger partial charge on any atom is 0.256 e. The molecular weight excluding hydrogens is 352 g/mol. The molecule has 5 heteroatoms. The highest BCUT2D eigenvalue weighted by molar-refractivity contribution is 7.98. The van der Waals surface area contributed by atoms with Gasteiger partial charge >= 0.3 is 0 Å². The minimum Gasteiger partial charge on any atom is -0.322 e. The van der Waals surface area contributed by atoms with Gasteiger partial charge in [0, 0.05) is 33.8 Å². The predicted molar refractivity (Wildman–Crippen MR) is 104 cm³/mol. The maximum absolute atomic E-state index is 12.7. The van der Waals surface area contributed by atoms with Gasteiger partial charge in [0.25, 0.3) is 5.91 Å². The van der Waals surface area contributed by atoms with E-state index < -0.39 is 0 Å². The number of aromatic nitrogens is 1. The summed E-state index contributed by atoms with van der Waals surface area (Å²) in [7, 11) is 0. The Morgan fingerprint density at radius 1 is 1.12 bits per heavy atom. The van der Waals surface area contributed by atoms with Crippen LogP contribution in [0.4, 0.5) is 5.69 Å².